The van der Waals surface area contributed by atoms with Crippen LogP contribution in [0, 0.1) is 13.8 Å². The number of halogens is 1. The van der Waals surface area contributed by atoms with E-state index < -0.39 is 0 Å². The monoisotopic (exact) mass is 338 g/mol. The van der Waals surface area contributed by atoms with Gasteiger partial charge < -0.3 is 9.97 Å². The Morgan fingerprint density at radius 1 is 0.857 bits per heavy atom. The number of fused-ring (bicyclic) bond motifs is 2. The molecule has 0 aliphatic carbocycles. The summed E-state index contributed by atoms with van der Waals surface area (Å²) in [7, 11) is 0. The smallest absolute Gasteiger partial charge is 0.0660 e. The number of aromatic nitrogens is 2. The predicted molar refractivity (Wildman–Crippen MR) is 92.8 cm³/mol. The van der Waals surface area contributed by atoms with Crippen LogP contribution in [-0.2, 0) is 0 Å². The summed E-state index contributed by atoms with van der Waals surface area (Å²) in [5, 5.41) is 2.52. The molecule has 0 unspecified atom stereocenters. The Balaban J connectivity index is 1.97. The molecule has 0 spiro atoms. The van der Waals surface area contributed by atoms with Crippen LogP contribution in [0.1, 0.15) is 11.1 Å². The van der Waals surface area contributed by atoms with Gasteiger partial charge in [-0.05, 0) is 49.7 Å². The summed E-state index contributed by atoms with van der Waals surface area (Å²) >= 11 is 3.53. The van der Waals surface area contributed by atoms with Gasteiger partial charge in [-0.3, -0.25) is 0 Å². The predicted octanol–water partition coefficient (Wildman–Crippen LogP) is 5.70. The number of nitrogens with one attached hydrogen (secondary N) is 2. The van der Waals surface area contributed by atoms with Crippen LogP contribution in [0.5, 0.6) is 0 Å². The van der Waals surface area contributed by atoms with Crippen molar-refractivity contribution < 1.29 is 0 Å². The van der Waals surface area contributed by atoms with Crippen molar-refractivity contribution >= 4 is 37.7 Å². The van der Waals surface area contributed by atoms with Crippen molar-refractivity contribution in [3.8, 4) is 11.4 Å². The summed E-state index contributed by atoms with van der Waals surface area (Å²) in [5.74, 6) is 0. The molecule has 4 aromatic rings. The Labute approximate surface area is 131 Å². The van der Waals surface area contributed by atoms with Crippen molar-refractivity contribution in [2.45, 2.75) is 13.8 Å². The van der Waals surface area contributed by atoms with Gasteiger partial charge in [0.1, 0.15) is 0 Å². The molecule has 0 atom stereocenters. The lowest BCUT2D eigenvalue weighted by atomic mass is 10.1. The van der Waals surface area contributed by atoms with E-state index in [-0.39, 0.29) is 0 Å². The summed E-state index contributed by atoms with van der Waals surface area (Å²) in [5.41, 5.74) is 7.20. The molecule has 0 bridgehead atoms. The van der Waals surface area contributed by atoms with Crippen LogP contribution >= 0.6 is 15.9 Å². The fourth-order valence-corrected chi connectivity index (χ4v) is 3.33. The molecule has 2 nitrogen and oxygen atoms in total. The molecule has 2 aromatic heterocycles. The molecule has 2 heterocycles. The third kappa shape index (κ3) is 2.00. The highest BCUT2D eigenvalue weighted by molar-refractivity contribution is 9.10. The third-order valence-corrected chi connectivity index (χ3v) is 4.56. The minimum Gasteiger partial charge on any atom is -0.353 e. The second kappa shape index (κ2) is 4.50. The van der Waals surface area contributed by atoms with Crippen molar-refractivity contribution in [3.05, 3.63) is 58.1 Å². The Morgan fingerprint density at radius 3 is 2.57 bits per heavy atom. The molecule has 0 radical (unpaired) electrons. The molecule has 4 rings (SSSR count). The van der Waals surface area contributed by atoms with E-state index in [2.05, 4.69) is 82.2 Å². The van der Waals surface area contributed by atoms with E-state index in [0.29, 0.717) is 0 Å². The quantitative estimate of drug-likeness (QED) is 0.446. The van der Waals surface area contributed by atoms with Crippen LogP contribution in [0.3, 0.4) is 0 Å². The van der Waals surface area contributed by atoms with Crippen molar-refractivity contribution in [2.24, 2.45) is 0 Å². The van der Waals surface area contributed by atoms with Crippen molar-refractivity contribution in [3.63, 3.8) is 0 Å². The molecule has 21 heavy (non-hydrogen) atoms. The average Bonchev–Trinajstić information content (AvgIpc) is 2.99. The molecule has 0 aliphatic heterocycles. The first kappa shape index (κ1) is 12.7. The van der Waals surface area contributed by atoms with E-state index in [1.54, 1.807) is 0 Å². The highest BCUT2D eigenvalue weighted by Gasteiger charge is 2.12. The van der Waals surface area contributed by atoms with E-state index in [1.807, 2.05) is 0 Å². The third-order valence-electron chi connectivity index (χ3n) is 4.07. The van der Waals surface area contributed by atoms with E-state index in [9.17, 15) is 0 Å². The molecule has 0 amide bonds. The first-order chi connectivity index (χ1) is 10.1. The number of hydrogen-bond donors (Lipinski definition) is 2. The Bertz CT molecular complexity index is 976. The van der Waals surface area contributed by atoms with Gasteiger partial charge in [-0.15, -0.1) is 0 Å². The Kier molecular flexibility index (Phi) is 2.73. The minimum absolute atomic E-state index is 1.09. The summed E-state index contributed by atoms with van der Waals surface area (Å²) < 4.78 is 1.09. The van der Waals surface area contributed by atoms with Crippen LogP contribution in [0.4, 0.5) is 0 Å². The first-order valence-corrected chi connectivity index (χ1v) is 7.79. The average molecular weight is 339 g/mol. The maximum absolute atomic E-state index is 3.54. The lowest BCUT2D eigenvalue weighted by molar-refractivity contribution is 1.35. The zero-order valence-corrected chi connectivity index (χ0v) is 13.5. The summed E-state index contributed by atoms with van der Waals surface area (Å²) in [4.78, 5) is 7.05. The fourth-order valence-electron chi connectivity index (χ4n) is 2.97. The van der Waals surface area contributed by atoms with E-state index >= 15 is 0 Å². The van der Waals surface area contributed by atoms with Crippen LogP contribution < -0.4 is 0 Å². The maximum Gasteiger partial charge on any atom is 0.0660 e. The molecule has 2 N–H and O–H groups in total. The van der Waals surface area contributed by atoms with E-state index in [1.165, 1.54) is 27.4 Å². The van der Waals surface area contributed by atoms with Crippen molar-refractivity contribution in [2.75, 3.05) is 0 Å². The van der Waals surface area contributed by atoms with Crippen LogP contribution in [0.2, 0.25) is 0 Å². The lowest BCUT2D eigenvalue weighted by Gasteiger charge is -1.95. The van der Waals surface area contributed by atoms with Gasteiger partial charge in [0.15, 0.2) is 0 Å². The fraction of sp³-hybridized carbons (Fsp3) is 0.111. The molecule has 0 saturated carbocycles. The normalized spacial score (nSPS) is 11.6. The topological polar surface area (TPSA) is 31.6 Å². The van der Waals surface area contributed by atoms with Crippen molar-refractivity contribution in [1.82, 2.24) is 9.97 Å². The second-order valence-corrected chi connectivity index (χ2v) is 6.50. The van der Waals surface area contributed by atoms with Gasteiger partial charge in [-0.25, -0.2) is 0 Å². The highest BCUT2D eigenvalue weighted by Crippen LogP contribution is 2.32. The number of hydrogen-bond acceptors (Lipinski definition) is 0. The highest BCUT2D eigenvalue weighted by atomic mass is 79.9. The lowest BCUT2D eigenvalue weighted by Crippen LogP contribution is -1.79. The first-order valence-electron chi connectivity index (χ1n) is 6.99. The maximum atomic E-state index is 3.54. The molecule has 0 saturated heterocycles. The molecule has 0 fully saturated rings. The zero-order chi connectivity index (χ0) is 14.6. The number of benzene rings is 2. The molecule has 0 aliphatic rings. The van der Waals surface area contributed by atoms with Gasteiger partial charge >= 0.3 is 0 Å². The summed E-state index contributed by atoms with van der Waals surface area (Å²) in [6, 6.07) is 15.1. The van der Waals surface area contributed by atoms with Crippen molar-refractivity contribution in [1.29, 1.82) is 0 Å². The molecular formula is C18H15BrN2. The largest absolute Gasteiger partial charge is 0.353 e. The van der Waals surface area contributed by atoms with Gasteiger partial charge in [-0.2, -0.15) is 0 Å². The number of aromatic amines is 2. The van der Waals surface area contributed by atoms with Gasteiger partial charge in [0.05, 0.1) is 11.4 Å². The molecule has 104 valence electrons. The Morgan fingerprint density at radius 2 is 1.71 bits per heavy atom. The number of aryl methyl sites for hydroxylation is 2. The molecule has 3 heteroatoms. The van der Waals surface area contributed by atoms with E-state index in [0.717, 1.165) is 21.4 Å². The molecule has 2 aromatic carbocycles. The number of H-pyrrole nitrogens is 2. The van der Waals surface area contributed by atoms with Gasteiger partial charge in [0.2, 0.25) is 0 Å². The minimum atomic E-state index is 1.09. The Hall–Kier alpha value is -2.00. The molecular weight excluding hydrogens is 324 g/mol. The zero-order valence-electron chi connectivity index (χ0n) is 11.9. The van der Waals surface area contributed by atoms with Gasteiger partial charge in [0.25, 0.3) is 0 Å². The second-order valence-electron chi connectivity index (χ2n) is 5.59. The van der Waals surface area contributed by atoms with Crippen LogP contribution in [0.15, 0.2) is 46.9 Å². The van der Waals surface area contributed by atoms with Crippen LogP contribution in [0.25, 0.3) is 33.2 Å². The number of rotatable bonds is 1. The SMILES string of the molecule is Cc1ccc2[nH]c(-c3[nH]c4cc(Br)ccc4c3C)cc2c1. The summed E-state index contributed by atoms with van der Waals surface area (Å²) in [6.07, 6.45) is 0. The van der Waals surface area contributed by atoms with Crippen LogP contribution in [-0.4, -0.2) is 9.97 Å². The standard InChI is InChI=1S/C18H15BrN2/c1-10-3-6-15-12(7-10)8-17(20-15)18-11(2)14-5-4-13(19)9-16(14)21-18/h3-9,20-21H,1-2H3. The summed E-state index contributed by atoms with van der Waals surface area (Å²) in [6.45, 7) is 4.29. The van der Waals surface area contributed by atoms with Gasteiger partial charge in [-0.1, -0.05) is 33.6 Å². The van der Waals surface area contributed by atoms with E-state index in [4.69, 9.17) is 0 Å². The van der Waals surface area contributed by atoms with Gasteiger partial charge in [0, 0.05) is 26.3 Å².